The number of halogens is 5. The van der Waals surface area contributed by atoms with E-state index in [9.17, 15) is 13.2 Å². The van der Waals surface area contributed by atoms with Crippen molar-refractivity contribution in [2.24, 2.45) is 0 Å². The molecule has 0 radical (unpaired) electrons. The maximum absolute atomic E-state index is 13.1. The van der Waals surface area contributed by atoms with Crippen LogP contribution in [0.2, 0.25) is 0 Å². The van der Waals surface area contributed by atoms with Crippen LogP contribution >= 0.6 is 11.6 Å². The number of hydrogen-bond donors (Lipinski definition) is 1. The summed E-state index contributed by atoms with van der Waals surface area (Å²) in [5, 5.41) is -3.70. The minimum absolute atomic E-state index is 0. The molecule has 0 saturated carbocycles. The number of rotatable bonds is 0. The number of alkyl halides is 4. The van der Waals surface area contributed by atoms with Gasteiger partial charge in [-0.1, -0.05) is 0 Å². The van der Waals surface area contributed by atoms with Gasteiger partial charge in [-0.05, 0) is 17.7 Å². The van der Waals surface area contributed by atoms with Gasteiger partial charge in [0.25, 0.3) is 0 Å². The van der Waals surface area contributed by atoms with Crippen molar-refractivity contribution >= 4 is 17.3 Å². The molecule has 0 aliphatic carbocycles. The molecule has 1 aromatic rings. The van der Waals surface area contributed by atoms with Crippen molar-refractivity contribution in [1.29, 1.82) is 0 Å². The molecule has 8 heteroatoms. The Morgan fingerprint density at radius 3 is 2.38 bits per heavy atom. The minimum atomic E-state index is -4.23. The lowest BCUT2D eigenvalue weighted by Gasteiger charge is -2.33. The first-order valence-corrected chi connectivity index (χ1v) is 4.29. The fraction of sp³-hybridized carbons (Fsp3) is 0.250. The van der Waals surface area contributed by atoms with Gasteiger partial charge in [0.15, 0.2) is 11.5 Å². The van der Waals surface area contributed by atoms with Crippen molar-refractivity contribution < 1.29 is 40.8 Å². The van der Waals surface area contributed by atoms with E-state index in [1.165, 1.54) is 18.2 Å². The van der Waals surface area contributed by atoms with Crippen molar-refractivity contribution in [2.45, 2.75) is 11.4 Å². The van der Waals surface area contributed by atoms with Crippen LogP contribution in [-0.4, -0.2) is 11.4 Å². The number of ether oxygens (including phenoxy) is 2. The molecule has 1 aromatic carbocycles. The van der Waals surface area contributed by atoms with Gasteiger partial charge >= 0.3 is 11.4 Å². The summed E-state index contributed by atoms with van der Waals surface area (Å²) in [5.41, 5.74) is 3.99. The predicted octanol–water partition coefficient (Wildman–Crippen LogP) is -1.21. The summed E-state index contributed by atoms with van der Waals surface area (Å²) >= 11 is 4.86. The molecule has 0 bridgehead atoms. The van der Waals surface area contributed by atoms with E-state index in [0.717, 1.165) is 0 Å². The van der Waals surface area contributed by atoms with E-state index >= 15 is 0 Å². The van der Waals surface area contributed by atoms with E-state index in [2.05, 4.69) is 15.2 Å². The first-order valence-electron chi connectivity index (χ1n) is 3.91. The van der Waals surface area contributed by atoms with Crippen molar-refractivity contribution in [2.75, 3.05) is 0 Å². The molecule has 1 aliphatic rings. The molecule has 3 N–H and O–H groups in total. The van der Waals surface area contributed by atoms with Crippen LogP contribution in [0.15, 0.2) is 18.2 Å². The third kappa shape index (κ3) is 2.00. The maximum Gasteiger partial charge on any atom is 0.488 e. The van der Waals surface area contributed by atoms with Crippen LogP contribution in [0.4, 0.5) is 18.9 Å². The second-order valence-corrected chi connectivity index (χ2v) is 3.50. The minimum Gasteiger partial charge on any atom is -1.00 e. The lowest BCUT2D eigenvalue weighted by Crippen LogP contribution is -3.00. The normalized spacial score (nSPS) is 25.8. The van der Waals surface area contributed by atoms with Gasteiger partial charge in [0.1, 0.15) is 5.69 Å². The predicted molar refractivity (Wildman–Crippen MR) is 44.9 cm³/mol. The molecule has 2 rings (SSSR count). The van der Waals surface area contributed by atoms with Gasteiger partial charge in [0.05, 0.1) is 0 Å². The van der Waals surface area contributed by atoms with E-state index < -0.39 is 11.4 Å². The van der Waals surface area contributed by atoms with E-state index in [1.54, 1.807) is 0 Å². The van der Waals surface area contributed by atoms with Crippen LogP contribution in [0.5, 0.6) is 11.5 Å². The molecule has 0 amide bonds. The Balaban J connectivity index is 0.00000128. The fourth-order valence-electron chi connectivity index (χ4n) is 1.11. The average Bonchev–Trinajstić information content (AvgIpc) is 2.07. The van der Waals surface area contributed by atoms with Crippen molar-refractivity contribution in [3.05, 3.63) is 18.2 Å². The van der Waals surface area contributed by atoms with Crippen molar-refractivity contribution in [1.82, 2.24) is 0 Å². The molecular weight excluding hydrogens is 270 g/mol. The largest absolute Gasteiger partial charge is 1.00 e. The number of fused-ring (bicyclic) bond motifs is 1. The van der Waals surface area contributed by atoms with E-state index in [1.807, 2.05) is 0 Å². The Morgan fingerprint density at radius 1 is 1.12 bits per heavy atom. The van der Waals surface area contributed by atoms with Gasteiger partial charge in [0, 0.05) is 12.1 Å². The van der Waals surface area contributed by atoms with Gasteiger partial charge in [-0.25, -0.2) is 0 Å². The summed E-state index contributed by atoms with van der Waals surface area (Å²) < 4.78 is 47.3. The van der Waals surface area contributed by atoms with E-state index in [-0.39, 0.29) is 23.9 Å². The Morgan fingerprint density at radius 2 is 1.75 bits per heavy atom. The molecule has 1 aliphatic heterocycles. The first kappa shape index (κ1) is 13.2. The number of hydrogen-bond acceptors (Lipinski definition) is 2. The Kier molecular flexibility index (Phi) is 3.20. The lowest BCUT2D eigenvalue weighted by molar-refractivity contribution is -0.304. The zero-order valence-corrected chi connectivity index (χ0v) is 9.16. The molecule has 0 fully saturated rings. The third-order valence-corrected chi connectivity index (χ3v) is 2.12. The highest BCUT2D eigenvalue weighted by Gasteiger charge is 2.63. The lowest BCUT2D eigenvalue weighted by atomic mass is 10.2. The molecule has 3 nitrogen and oxygen atoms in total. The highest BCUT2D eigenvalue weighted by atomic mass is 35.5. The summed E-state index contributed by atoms with van der Waals surface area (Å²) in [7, 11) is 0. The van der Waals surface area contributed by atoms with Crippen molar-refractivity contribution in [3.8, 4) is 11.5 Å². The van der Waals surface area contributed by atoms with Gasteiger partial charge < -0.3 is 27.6 Å². The summed E-state index contributed by atoms with van der Waals surface area (Å²) in [5.74, 6) is -0.479. The molecule has 0 spiro atoms. The van der Waals surface area contributed by atoms with E-state index in [4.69, 9.17) is 11.6 Å². The standard InChI is InChI=1S/C8H5ClF3NO2.ClH/c9-7(10)8(11,12)15-5-2-1-4(13)3-6(5)14-7;/h1-3H,13H2;1H. The van der Waals surface area contributed by atoms with E-state index in [0.29, 0.717) is 5.69 Å². The smallest absolute Gasteiger partial charge is 0.488 e. The summed E-state index contributed by atoms with van der Waals surface area (Å²) in [6, 6.07) is 3.89. The SMILES string of the molecule is [Cl-].[NH3+]c1ccc2c(c1)OC(F)(Cl)C(F)(F)O2. The molecule has 1 heterocycles. The van der Waals surface area contributed by atoms with Gasteiger partial charge in [-0.2, -0.15) is 13.2 Å². The Bertz CT molecular complexity index is 414. The molecule has 1 atom stereocenters. The average molecular weight is 276 g/mol. The van der Waals surface area contributed by atoms with Crippen LogP contribution in [0.1, 0.15) is 0 Å². The topological polar surface area (TPSA) is 46.1 Å². The maximum atomic E-state index is 13.1. The van der Waals surface area contributed by atoms with Crippen LogP contribution in [0.25, 0.3) is 0 Å². The van der Waals surface area contributed by atoms with Crippen LogP contribution < -0.4 is 27.6 Å². The summed E-state index contributed by atoms with van der Waals surface area (Å²) in [6.07, 6.45) is -4.23. The van der Waals surface area contributed by atoms with Gasteiger partial charge in [0.2, 0.25) is 0 Å². The summed E-state index contributed by atoms with van der Waals surface area (Å²) in [6.45, 7) is 0. The highest BCUT2D eigenvalue weighted by molar-refractivity contribution is 6.22. The first-order chi connectivity index (χ1) is 6.82. The number of quaternary nitrogens is 1. The zero-order chi connectivity index (χ0) is 11.3. The second-order valence-electron chi connectivity index (χ2n) is 3.02. The van der Waals surface area contributed by atoms with Gasteiger partial charge in [-0.3, -0.25) is 0 Å². The molecular formula is C8H6Cl2F3NO2. The van der Waals surface area contributed by atoms with Crippen LogP contribution in [0, 0.1) is 0 Å². The Labute approximate surface area is 99.7 Å². The Hall–Kier alpha value is -0.850. The third-order valence-electron chi connectivity index (χ3n) is 1.82. The quantitative estimate of drug-likeness (QED) is 0.604. The molecule has 0 saturated heterocycles. The van der Waals surface area contributed by atoms with Crippen LogP contribution in [0.3, 0.4) is 0 Å². The highest BCUT2D eigenvalue weighted by Crippen LogP contribution is 2.48. The molecule has 16 heavy (non-hydrogen) atoms. The fourth-order valence-corrected chi connectivity index (χ4v) is 1.23. The zero-order valence-electron chi connectivity index (χ0n) is 7.65. The number of benzene rings is 1. The molecule has 0 aromatic heterocycles. The second kappa shape index (κ2) is 3.87. The van der Waals surface area contributed by atoms with Crippen LogP contribution in [-0.2, 0) is 0 Å². The molecule has 1 unspecified atom stereocenters. The van der Waals surface area contributed by atoms with Crippen molar-refractivity contribution in [3.63, 3.8) is 0 Å². The summed E-state index contributed by atoms with van der Waals surface area (Å²) in [4.78, 5) is 0. The van der Waals surface area contributed by atoms with Gasteiger partial charge in [-0.15, -0.1) is 0 Å². The molecule has 90 valence electrons. The monoisotopic (exact) mass is 275 g/mol.